The van der Waals surface area contributed by atoms with Gasteiger partial charge in [-0.2, -0.15) is 0 Å². The molecule has 3 aromatic rings. The molecule has 0 atom stereocenters. The van der Waals surface area contributed by atoms with E-state index in [1.54, 1.807) is 18.2 Å². The highest BCUT2D eigenvalue weighted by Crippen LogP contribution is 2.28. The fourth-order valence-corrected chi connectivity index (χ4v) is 2.78. The standard InChI is InChI=1S/C23H20N2O5/c1-14-5-3-4-6-19(14)23(29)25-20-12-9-17(13-21(20)27)24-22(28)16-7-10-18(11-8-16)30-15(2)26/h3-13,27H,1-2H3,(H,24,28)(H,25,29). The van der Waals surface area contributed by atoms with Crippen LogP contribution in [-0.4, -0.2) is 22.9 Å². The van der Waals surface area contributed by atoms with Crippen LogP contribution in [0.4, 0.5) is 11.4 Å². The molecule has 0 aliphatic carbocycles. The Hall–Kier alpha value is -4.13. The molecule has 0 aromatic heterocycles. The lowest BCUT2D eigenvalue weighted by atomic mass is 10.1. The Labute approximate surface area is 173 Å². The summed E-state index contributed by atoms with van der Waals surface area (Å²) < 4.78 is 4.93. The highest BCUT2D eigenvalue weighted by atomic mass is 16.5. The van der Waals surface area contributed by atoms with E-state index in [2.05, 4.69) is 10.6 Å². The molecule has 2 amide bonds. The van der Waals surface area contributed by atoms with E-state index in [-0.39, 0.29) is 17.3 Å². The smallest absolute Gasteiger partial charge is 0.308 e. The molecule has 0 fully saturated rings. The second-order valence-corrected chi connectivity index (χ2v) is 6.57. The monoisotopic (exact) mass is 404 g/mol. The minimum absolute atomic E-state index is 0.181. The van der Waals surface area contributed by atoms with Crippen LogP contribution in [0.5, 0.6) is 11.5 Å². The molecule has 3 rings (SSSR count). The zero-order valence-corrected chi connectivity index (χ0v) is 16.4. The minimum Gasteiger partial charge on any atom is -0.506 e. The molecule has 7 heteroatoms. The van der Waals surface area contributed by atoms with Crippen LogP contribution in [0.2, 0.25) is 0 Å². The van der Waals surface area contributed by atoms with E-state index in [0.29, 0.717) is 22.6 Å². The average Bonchev–Trinajstić information content (AvgIpc) is 2.70. The summed E-state index contributed by atoms with van der Waals surface area (Å²) in [6.07, 6.45) is 0. The largest absolute Gasteiger partial charge is 0.506 e. The lowest BCUT2D eigenvalue weighted by Gasteiger charge is -2.11. The highest BCUT2D eigenvalue weighted by molar-refractivity contribution is 6.07. The first-order valence-corrected chi connectivity index (χ1v) is 9.13. The van der Waals surface area contributed by atoms with Crippen molar-refractivity contribution in [2.45, 2.75) is 13.8 Å². The first-order valence-electron chi connectivity index (χ1n) is 9.13. The fraction of sp³-hybridized carbons (Fsp3) is 0.0870. The van der Waals surface area contributed by atoms with Gasteiger partial charge in [0.05, 0.1) is 5.69 Å². The molecule has 0 spiro atoms. The molecular weight excluding hydrogens is 384 g/mol. The molecule has 0 saturated heterocycles. The van der Waals surface area contributed by atoms with E-state index in [1.165, 1.54) is 43.3 Å². The average molecular weight is 404 g/mol. The summed E-state index contributed by atoms with van der Waals surface area (Å²) in [7, 11) is 0. The lowest BCUT2D eigenvalue weighted by Crippen LogP contribution is -2.14. The van der Waals surface area contributed by atoms with E-state index in [1.807, 2.05) is 19.1 Å². The number of phenolic OH excluding ortho intramolecular Hbond substituents is 1. The van der Waals surface area contributed by atoms with Crippen molar-refractivity contribution in [2.75, 3.05) is 10.6 Å². The molecule has 3 aromatic carbocycles. The number of phenols is 1. The maximum atomic E-state index is 12.4. The Kier molecular flexibility index (Phi) is 6.12. The maximum absolute atomic E-state index is 12.4. The van der Waals surface area contributed by atoms with Gasteiger partial charge in [-0.3, -0.25) is 14.4 Å². The number of carbonyl (C=O) groups is 3. The summed E-state index contributed by atoms with van der Waals surface area (Å²) in [6.45, 7) is 3.12. The number of hydrogen-bond donors (Lipinski definition) is 3. The van der Waals surface area contributed by atoms with Crippen molar-refractivity contribution in [2.24, 2.45) is 0 Å². The minimum atomic E-state index is -0.447. The van der Waals surface area contributed by atoms with Gasteiger partial charge in [-0.05, 0) is 55.0 Å². The normalized spacial score (nSPS) is 10.2. The van der Waals surface area contributed by atoms with Crippen LogP contribution < -0.4 is 15.4 Å². The van der Waals surface area contributed by atoms with E-state index in [0.717, 1.165) is 5.56 Å². The predicted octanol–water partition coefficient (Wildman–Crippen LogP) is 4.13. The zero-order chi connectivity index (χ0) is 21.7. The first-order chi connectivity index (χ1) is 14.3. The van der Waals surface area contributed by atoms with Gasteiger partial charge >= 0.3 is 5.97 Å². The Bertz CT molecular complexity index is 1110. The summed E-state index contributed by atoms with van der Waals surface area (Å²) in [6, 6.07) is 17.6. The molecule has 0 unspecified atom stereocenters. The summed E-state index contributed by atoms with van der Waals surface area (Å²) in [5.74, 6) is -1.03. The Morgan fingerprint density at radius 3 is 2.20 bits per heavy atom. The van der Waals surface area contributed by atoms with Crippen LogP contribution in [0.1, 0.15) is 33.2 Å². The number of carbonyl (C=O) groups excluding carboxylic acids is 3. The molecule has 0 heterocycles. The van der Waals surface area contributed by atoms with E-state index in [4.69, 9.17) is 4.74 Å². The van der Waals surface area contributed by atoms with Crippen LogP contribution in [0.25, 0.3) is 0 Å². The van der Waals surface area contributed by atoms with Gasteiger partial charge in [0, 0.05) is 29.8 Å². The maximum Gasteiger partial charge on any atom is 0.308 e. The number of hydrogen-bond acceptors (Lipinski definition) is 5. The Morgan fingerprint density at radius 1 is 0.867 bits per heavy atom. The van der Waals surface area contributed by atoms with Crippen molar-refractivity contribution in [3.05, 3.63) is 83.4 Å². The van der Waals surface area contributed by atoms with Gasteiger partial charge in [0.1, 0.15) is 11.5 Å². The molecule has 0 aliphatic heterocycles. The van der Waals surface area contributed by atoms with Crippen molar-refractivity contribution in [3.8, 4) is 11.5 Å². The number of amides is 2. The third-order valence-electron chi connectivity index (χ3n) is 4.27. The number of anilines is 2. The summed E-state index contributed by atoms with van der Waals surface area (Å²) >= 11 is 0. The van der Waals surface area contributed by atoms with Gasteiger partial charge in [-0.1, -0.05) is 18.2 Å². The number of aryl methyl sites for hydroxylation is 1. The molecule has 152 valence electrons. The number of aromatic hydroxyl groups is 1. The van der Waals surface area contributed by atoms with Gasteiger partial charge in [0.2, 0.25) is 0 Å². The number of benzene rings is 3. The van der Waals surface area contributed by atoms with E-state index >= 15 is 0 Å². The third kappa shape index (κ3) is 5.02. The SMILES string of the molecule is CC(=O)Oc1ccc(C(=O)Nc2ccc(NC(=O)c3ccccc3C)c(O)c2)cc1. The van der Waals surface area contributed by atoms with Gasteiger partial charge in [-0.25, -0.2) is 0 Å². The Morgan fingerprint density at radius 2 is 1.57 bits per heavy atom. The summed E-state index contributed by atoms with van der Waals surface area (Å²) in [4.78, 5) is 35.7. The molecular formula is C23H20N2O5. The third-order valence-corrected chi connectivity index (χ3v) is 4.27. The van der Waals surface area contributed by atoms with Gasteiger partial charge in [-0.15, -0.1) is 0 Å². The van der Waals surface area contributed by atoms with E-state index in [9.17, 15) is 19.5 Å². The highest BCUT2D eigenvalue weighted by Gasteiger charge is 2.13. The molecule has 0 bridgehead atoms. The summed E-state index contributed by atoms with van der Waals surface area (Å²) in [5, 5.41) is 15.6. The molecule has 3 N–H and O–H groups in total. The van der Waals surface area contributed by atoms with Gasteiger partial charge < -0.3 is 20.5 Å². The molecule has 0 saturated carbocycles. The summed E-state index contributed by atoms with van der Waals surface area (Å²) in [5.41, 5.74) is 2.26. The second-order valence-electron chi connectivity index (χ2n) is 6.57. The molecule has 0 aliphatic rings. The van der Waals surface area contributed by atoms with Crippen molar-refractivity contribution < 1.29 is 24.2 Å². The van der Waals surface area contributed by atoms with E-state index < -0.39 is 11.9 Å². The van der Waals surface area contributed by atoms with Crippen LogP contribution in [-0.2, 0) is 4.79 Å². The number of ether oxygens (including phenoxy) is 1. The Balaban J connectivity index is 1.67. The van der Waals surface area contributed by atoms with Crippen molar-refractivity contribution in [3.63, 3.8) is 0 Å². The molecule has 30 heavy (non-hydrogen) atoms. The quantitative estimate of drug-likeness (QED) is 0.337. The number of esters is 1. The fourth-order valence-electron chi connectivity index (χ4n) is 2.78. The zero-order valence-electron chi connectivity index (χ0n) is 16.4. The predicted molar refractivity (Wildman–Crippen MR) is 113 cm³/mol. The number of nitrogens with one attached hydrogen (secondary N) is 2. The first kappa shape index (κ1) is 20.6. The molecule has 7 nitrogen and oxygen atoms in total. The van der Waals surface area contributed by atoms with Crippen LogP contribution in [0.3, 0.4) is 0 Å². The van der Waals surface area contributed by atoms with Crippen molar-refractivity contribution >= 4 is 29.2 Å². The van der Waals surface area contributed by atoms with Crippen LogP contribution >= 0.6 is 0 Å². The van der Waals surface area contributed by atoms with Crippen molar-refractivity contribution in [1.29, 1.82) is 0 Å². The van der Waals surface area contributed by atoms with Crippen LogP contribution in [0, 0.1) is 6.92 Å². The topological polar surface area (TPSA) is 105 Å². The van der Waals surface area contributed by atoms with Crippen LogP contribution in [0.15, 0.2) is 66.7 Å². The van der Waals surface area contributed by atoms with Gasteiger partial charge in [0.15, 0.2) is 0 Å². The van der Waals surface area contributed by atoms with Crippen molar-refractivity contribution in [1.82, 2.24) is 0 Å². The lowest BCUT2D eigenvalue weighted by molar-refractivity contribution is -0.131. The number of rotatable bonds is 5. The van der Waals surface area contributed by atoms with Gasteiger partial charge in [0.25, 0.3) is 11.8 Å². The molecule has 0 radical (unpaired) electrons. The second kappa shape index (κ2) is 8.91.